The molecule has 0 bridgehead atoms. The normalized spacial score (nSPS) is 15.4. The molecular formula is C13H14F2N4OS. The number of hydrogen-bond donors (Lipinski definition) is 2. The molecule has 0 radical (unpaired) electrons. The van der Waals surface area contributed by atoms with Crippen LogP contribution in [0.4, 0.5) is 8.78 Å². The molecule has 1 aromatic heterocycles. The second kappa shape index (κ2) is 5.82. The number of rotatable bonds is 5. The van der Waals surface area contributed by atoms with Gasteiger partial charge in [-0.3, -0.25) is 0 Å². The van der Waals surface area contributed by atoms with Gasteiger partial charge in [-0.25, -0.2) is 18.4 Å². The summed E-state index contributed by atoms with van der Waals surface area (Å²) in [6.07, 6.45) is 2.66. The molecule has 0 unspecified atom stereocenters. The van der Waals surface area contributed by atoms with Gasteiger partial charge in [0, 0.05) is 17.5 Å². The molecule has 1 heterocycles. The van der Waals surface area contributed by atoms with Crippen LogP contribution in [0.2, 0.25) is 0 Å². The van der Waals surface area contributed by atoms with Crippen LogP contribution >= 0.6 is 12.2 Å². The fourth-order valence-corrected chi connectivity index (χ4v) is 2.29. The predicted octanol–water partition coefficient (Wildman–Crippen LogP) is 1.37. The molecule has 3 N–H and O–H groups in total. The standard InChI is InChI=1S/C13H14F2N4OS/c1-8(12(16)21)13(20,5-19-7-17-6-18-19)10-3-2-9(14)4-11(10)15/h2-4,6-8,20H,5H2,1H3,(H2,16,21)/t8-,13+/m1/s1. The van der Waals surface area contributed by atoms with Crippen molar-refractivity contribution in [3.63, 3.8) is 0 Å². The number of nitrogens with zero attached hydrogens (tertiary/aromatic N) is 3. The zero-order valence-corrected chi connectivity index (χ0v) is 12.0. The Kier molecular flexibility index (Phi) is 4.29. The Bertz CT molecular complexity index is 650. The molecule has 0 fully saturated rings. The minimum atomic E-state index is -1.77. The summed E-state index contributed by atoms with van der Waals surface area (Å²) in [6.45, 7) is 1.45. The number of benzene rings is 1. The Morgan fingerprint density at radius 2 is 2.24 bits per heavy atom. The Hall–Kier alpha value is -1.93. The average Bonchev–Trinajstić information content (AvgIpc) is 2.89. The second-order valence-corrected chi connectivity index (χ2v) is 5.24. The van der Waals surface area contributed by atoms with Crippen molar-refractivity contribution in [2.24, 2.45) is 11.7 Å². The molecule has 0 saturated heterocycles. The molecule has 0 aliphatic carbocycles. The lowest BCUT2D eigenvalue weighted by Crippen LogP contribution is -2.44. The smallest absolute Gasteiger partial charge is 0.137 e. The maximum atomic E-state index is 14.1. The van der Waals surface area contributed by atoms with Crippen molar-refractivity contribution in [2.75, 3.05) is 0 Å². The third-order valence-corrected chi connectivity index (χ3v) is 3.76. The molecule has 8 heteroatoms. The number of hydrogen-bond acceptors (Lipinski definition) is 4. The average molecular weight is 312 g/mol. The number of aliphatic hydroxyl groups is 1. The highest BCUT2D eigenvalue weighted by Gasteiger charge is 2.40. The fraction of sp³-hybridized carbons (Fsp3) is 0.308. The van der Waals surface area contributed by atoms with Crippen LogP contribution in [0.1, 0.15) is 12.5 Å². The summed E-state index contributed by atoms with van der Waals surface area (Å²) >= 11 is 4.91. The van der Waals surface area contributed by atoms with Crippen molar-refractivity contribution >= 4 is 17.2 Å². The van der Waals surface area contributed by atoms with Crippen molar-refractivity contribution in [3.8, 4) is 0 Å². The third kappa shape index (κ3) is 3.06. The van der Waals surface area contributed by atoms with E-state index in [2.05, 4.69) is 10.1 Å². The lowest BCUT2D eigenvalue weighted by atomic mass is 9.81. The monoisotopic (exact) mass is 312 g/mol. The van der Waals surface area contributed by atoms with Gasteiger partial charge < -0.3 is 10.8 Å². The fourth-order valence-electron chi connectivity index (χ4n) is 2.09. The first-order chi connectivity index (χ1) is 9.84. The SMILES string of the molecule is C[C@H](C(N)=S)[C@@](O)(Cn1cncn1)c1ccc(F)cc1F. The molecule has 0 aliphatic heterocycles. The van der Waals surface area contributed by atoms with E-state index in [4.69, 9.17) is 18.0 Å². The third-order valence-electron chi connectivity index (χ3n) is 3.41. The molecule has 0 aliphatic rings. The largest absolute Gasteiger partial charge is 0.393 e. The highest BCUT2D eigenvalue weighted by atomic mass is 32.1. The summed E-state index contributed by atoms with van der Waals surface area (Å²) in [5.74, 6) is -2.36. The summed E-state index contributed by atoms with van der Waals surface area (Å²) < 4.78 is 28.5. The summed E-state index contributed by atoms with van der Waals surface area (Å²) in [5.41, 5.74) is 3.73. The Balaban J connectivity index is 2.51. The Morgan fingerprint density at radius 1 is 1.52 bits per heavy atom. The quantitative estimate of drug-likeness (QED) is 0.815. The molecule has 21 heavy (non-hydrogen) atoms. The van der Waals surface area contributed by atoms with Crippen molar-refractivity contribution in [3.05, 3.63) is 48.1 Å². The van der Waals surface area contributed by atoms with Crippen LogP contribution in [0.15, 0.2) is 30.9 Å². The minimum absolute atomic E-state index is 0.0151. The van der Waals surface area contributed by atoms with Gasteiger partial charge in [-0.15, -0.1) is 0 Å². The zero-order chi connectivity index (χ0) is 15.6. The van der Waals surface area contributed by atoms with Gasteiger partial charge in [-0.2, -0.15) is 5.10 Å². The van der Waals surface area contributed by atoms with Gasteiger partial charge in [-0.1, -0.05) is 25.2 Å². The Morgan fingerprint density at radius 3 is 2.76 bits per heavy atom. The zero-order valence-electron chi connectivity index (χ0n) is 11.2. The van der Waals surface area contributed by atoms with Gasteiger partial charge in [0.25, 0.3) is 0 Å². The van der Waals surface area contributed by atoms with Crippen LogP contribution in [0, 0.1) is 17.6 Å². The van der Waals surface area contributed by atoms with E-state index in [9.17, 15) is 13.9 Å². The van der Waals surface area contributed by atoms with Gasteiger partial charge >= 0.3 is 0 Å². The van der Waals surface area contributed by atoms with Crippen molar-refractivity contribution in [1.29, 1.82) is 0 Å². The van der Waals surface area contributed by atoms with E-state index < -0.39 is 23.2 Å². The van der Waals surface area contributed by atoms with Crippen LogP contribution in [0.5, 0.6) is 0 Å². The van der Waals surface area contributed by atoms with Gasteiger partial charge in [0.2, 0.25) is 0 Å². The molecular weight excluding hydrogens is 298 g/mol. The molecule has 2 atom stereocenters. The molecule has 1 aromatic carbocycles. The highest BCUT2D eigenvalue weighted by molar-refractivity contribution is 7.80. The van der Waals surface area contributed by atoms with Gasteiger partial charge in [-0.05, 0) is 6.07 Å². The van der Waals surface area contributed by atoms with E-state index in [0.29, 0.717) is 6.07 Å². The molecule has 5 nitrogen and oxygen atoms in total. The number of aromatic nitrogens is 3. The van der Waals surface area contributed by atoms with Crippen molar-refractivity contribution in [1.82, 2.24) is 14.8 Å². The van der Waals surface area contributed by atoms with Crippen LogP contribution in [0.25, 0.3) is 0 Å². The second-order valence-electron chi connectivity index (χ2n) is 4.77. The molecule has 0 amide bonds. The number of thiocarbonyl (C=S) groups is 1. The molecule has 2 aromatic rings. The molecule has 112 valence electrons. The molecule has 0 spiro atoms. The molecule has 0 saturated carbocycles. The highest BCUT2D eigenvalue weighted by Crippen LogP contribution is 2.33. The lowest BCUT2D eigenvalue weighted by molar-refractivity contribution is -0.0153. The minimum Gasteiger partial charge on any atom is -0.393 e. The van der Waals surface area contributed by atoms with Crippen LogP contribution in [0.3, 0.4) is 0 Å². The first kappa shape index (κ1) is 15.5. The van der Waals surface area contributed by atoms with Crippen molar-refractivity contribution in [2.45, 2.75) is 19.1 Å². The van der Waals surface area contributed by atoms with Crippen LogP contribution < -0.4 is 5.73 Å². The van der Waals surface area contributed by atoms with E-state index in [1.54, 1.807) is 6.92 Å². The maximum Gasteiger partial charge on any atom is 0.137 e. The lowest BCUT2D eigenvalue weighted by Gasteiger charge is -2.34. The van der Waals surface area contributed by atoms with Gasteiger partial charge in [0.05, 0.1) is 11.5 Å². The predicted molar refractivity (Wildman–Crippen MR) is 76.2 cm³/mol. The van der Waals surface area contributed by atoms with E-state index in [-0.39, 0.29) is 17.1 Å². The summed E-state index contributed by atoms with van der Waals surface area (Å²) in [5, 5.41) is 14.8. The maximum absolute atomic E-state index is 14.1. The number of halogens is 2. The van der Waals surface area contributed by atoms with Gasteiger partial charge in [0.1, 0.15) is 29.9 Å². The summed E-state index contributed by atoms with van der Waals surface area (Å²) in [7, 11) is 0. The van der Waals surface area contributed by atoms with Crippen LogP contribution in [-0.2, 0) is 12.1 Å². The van der Waals surface area contributed by atoms with Gasteiger partial charge in [0.15, 0.2) is 0 Å². The molecule has 2 rings (SSSR count). The topological polar surface area (TPSA) is 77.0 Å². The summed E-state index contributed by atoms with van der Waals surface area (Å²) in [4.78, 5) is 3.78. The van der Waals surface area contributed by atoms with Crippen LogP contribution in [-0.4, -0.2) is 24.9 Å². The van der Waals surface area contributed by atoms with E-state index in [1.165, 1.54) is 23.4 Å². The van der Waals surface area contributed by atoms with E-state index >= 15 is 0 Å². The van der Waals surface area contributed by atoms with Crippen molar-refractivity contribution < 1.29 is 13.9 Å². The number of nitrogens with two attached hydrogens (primary N) is 1. The van der Waals surface area contributed by atoms with E-state index in [1.807, 2.05) is 0 Å². The van der Waals surface area contributed by atoms with E-state index in [0.717, 1.165) is 6.07 Å². The summed E-state index contributed by atoms with van der Waals surface area (Å²) in [6, 6.07) is 2.95. The Labute approximate surface area is 125 Å². The first-order valence-corrected chi connectivity index (χ1v) is 6.55. The first-order valence-electron chi connectivity index (χ1n) is 6.14.